The molecule has 1 amide bonds. The first-order valence-electron chi connectivity index (χ1n) is 11.1. The summed E-state index contributed by atoms with van der Waals surface area (Å²) in [4.78, 5) is 28.5. The van der Waals surface area contributed by atoms with Gasteiger partial charge in [0.1, 0.15) is 5.54 Å². The maximum Gasteiger partial charge on any atom is 0.324 e. The standard InChI is InChI=1S/C23H28Cl2N4O5S/c1-14-5-4-6-15(2)29(14)35(33,34)28-23(3,22(31)32)11-16-7-9-17(10-8-16)27-21(30)20-18(24)12-26-13-19(20)25/h7-10,12-15,28H,4-6,11H2,1-3H3,(H,27,30)(H,31,32)/t14?,15?,23-/m0/s1. The van der Waals surface area contributed by atoms with Gasteiger partial charge in [-0.2, -0.15) is 17.4 Å². The highest BCUT2D eigenvalue weighted by Gasteiger charge is 2.43. The third-order valence-corrected chi connectivity index (χ3v) is 8.62. The fraction of sp³-hybridized carbons (Fsp3) is 0.435. The third kappa shape index (κ3) is 6.31. The smallest absolute Gasteiger partial charge is 0.324 e. The molecule has 1 saturated heterocycles. The number of carbonyl (C=O) groups excluding carboxylic acids is 1. The number of amides is 1. The molecule has 1 aliphatic heterocycles. The average molecular weight is 543 g/mol. The number of nitrogens with zero attached hydrogens (tertiary/aromatic N) is 2. The number of carbonyl (C=O) groups is 2. The first-order valence-corrected chi connectivity index (χ1v) is 13.3. The number of hydrogen-bond donors (Lipinski definition) is 3. The molecule has 9 nitrogen and oxygen atoms in total. The van der Waals surface area contributed by atoms with Gasteiger partial charge in [0.2, 0.25) is 0 Å². The van der Waals surface area contributed by atoms with Crippen LogP contribution in [0.15, 0.2) is 36.7 Å². The van der Waals surface area contributed by atoms with Gasteiger partial charge in [-0.25, -0.2) is 0 Å². The van der Waals surface area contributed by atoms with Gasteiger partial charge >= 0.3 is 5.97 Å². The summed E-state index contributed by atoms with van der Waals surface area (Å²) in [6, 6.07) is 5.96. The fourth-order valence-electron chi connectivity index (χ4n) is 4.30. The van der Waals surface area contributed by atoms with E-state index in [-0.39, 0.29) is 34.1 Å². The minimum atomic E-state index is -4.05. The molecule has 1 aliphatic rings. The Morgan fingerprint density at radius 3 is 2.17 bits per heavy atom. The number of hydrogen-bond acceptors (Lipinski definition) is 5. The van der Waals surface area contributed by atoms with Crippen molar-refractivity contribution in [1.82, 2.24) is 14.0 Å². The van der Waals surface area contributed by atoms with E-state index in [1.165, 1.54) is 23.6 Å². The van der Waals surface area contributed by atoms with Crippen molar-refractivity contribution in [2.75, 3.05) is 5.32 Å². The number of carboxylic acid groups (broad SMARTS) is 1. The molecule has 35 heavy (non-hydrogen) atoms. The SMILES string of the molecule is CC1CCCC(C)N1S(=O)(=O)N[C@@](C)(Cc1ccc(NC(=O)c2c(Cl)cncc2Cl)cc1)C(=O)O. The molecule has 3 N–H and O–H groups in total. The van der Waals surface area contributed by atoms with E-state index in [4.69, 9.17) is 23.2 Å². The molecule has 2 aromatic rings. The second-order valence-electron chi connectivity index (χ2n) is 9.01. The van der Waals surface area contributed by atoms with Crippen LogP contribution in [0.3, 0.4) is 0 Å². The second kappa shape index (κ2) is 10.8. The molecule has 3 atom stereocenters. The van der Waals surface area contributed by atoms with Gasteiger partial charge in [-0.3, -0.25) is 14.6 Å². The van der Waals surface area contributed by atoms with Gasteiger partial charge < -0.3 is 10.4 Å². The quantitative estimate of drug-likeness (QED) is 0.460. The number of aromatic nitrogens is 1. The van der Waals surface area contributed by atoms with Crippen LogP contribution in [0.4, 0.5) is 5.69 Å². The van der Waals surface area contributed by atoms with E-state index >= 15 is 0 Å². The van der Waals surface area contributed by atoms with Gasteiger partial charge in [0, 0.05) is 36.6 Å². The summed E-state index contributed by atoms with van der Waals surface area (Å²) in [5, 5.41) is 12.8. The number of rotatable bonds is 8. The van der Waals surface area contributed by atoms with Crippen LogP contribution in [0.25, 0.3) is 0 Å². The van der Waals surface area contributed by atoms with Crippen molar-refractivity contribution >= 4 is 51.0 Å². The minimum absolute atomic E-state index is 0.0847. The maximum absolute atomic E-state index is 13.2. The van der Waals surface area contributed by atoms with Crippen molar-refractivity contribution in [3.05, 3.63) is 57.8 Å². The van der Waals surface area contributed by atoms with Crippen LogP contribution in [0.2, 0.25) is 10.0 Å². The monoisotopic (exact) mass is 542 g/mol. The zero-order valence-corrected chi connectivity index (χ0v) is 21.9. The highest BCUT2D eigenvalue weighted by atomic mass is 35.5. The molecule has 0 spiro atoms. The largest absolute Gasteiger partial charge is 0.480 e. The van der Waals surface area contributed by atoms with E-state index in [2.05, 4.69) is 15.0 Å². The lowest BCUT2D eigenvalue weighted by Gasteiger charge is -2.39. The van der Waals surface area contributed by atoms with Crippen molar-refractivity contribution in [1.29, 1.82) is 0 Å². The Morgan fingerprint density at radius 2 is 1.66 bits per heavy atom. The third-order valence-electron chi connectivity index (χ3n) is 6.07. The molecule has 2 unspecified atom stereocenters. The zero-order valence-electron chi connectivity index (χ0n) is 19.6. The van der Waals surface area contributed by atoms with Crippen molar-refractivity contribution in [3.63, 3.8) is 0 Å². The summed E-state index contributed by atoms with van der Waals surface area (Å²) >= 11 is 12.0. The number of carboxylic acids is 1. The van der Waals surface area contributed by atoms with Crippen molar-refractivity contribution in [3.8, 4) is 0 Å². The molecular weight excluding hydrogens is 515 g/mol. The van der Waals surface area contributed by atoms with E-state index in [1.54, 1.807) is 24.3 Å². The van der Waals surface area contributed by atoms with E-state index < -0.39 is 27.6 Å². The number of piperidine rings is 1. The van der Waals surface area contributed by atoms with Gasteiger partial charge in [0.15, 0.2) is 0 Å². The first kappa shape index (κ1) is 27.3. The molecule has 12 heteroatoms. The Morgan fingerprint density at radius 1 is 1.11 bits per heavy atom. The Kier molecular flexibility index (Phi) is 8.44. The van der Waals surface area contributed by atoms with Gasteiger partial charge in [-0.05, 0) is 51.3 Å². The van der Waals surface area contributed by atoms with Gasteiger partial charge in [-0.1, -0.05) is 41.8 Å². The lowest BCUT2D eigenvalue weighted by molar-refractivity contribution is -0.143. The lowest BCUT2D eigenvalue weighted by Crippen LogP contribution is -2.60. The molecule has 1 aromatic carbocycles. The van der Waals surface area contributed by atoms with Crippen molar-refractivity contribution < 1.29 is 23.1 Å². The van der Waals surface area contributed by atoms with Crippen LogP contribution in [0.5, 0.6) is 0 Å². The van der Waals surface area contributed by atoms with Crippen LogP contribution >= 0.6 is 23.2 Å². The maximum atomic E-state index is 13.2. The normalized spacial score (nSPS) is 20.7. The van der Waals surface area contributed by atoms with E-state index in [0.717, 1.165) is 19.3 Å². The molecule has 1 aromatic heterocycles. The Balaban J connectivity index is 1.76. The summed E-state index contributed by atoms with van der Waals surface area (Å²) in [7, 11) is -4.05. The van der Waals surface area contributed by atoms with Gasteiger partial charge in [0.05, 0.1) is 15.6 Å². The number of anilines is 1. The summed E-state index contributed by atoms with van der Waals surface area (Å²) in [5.41, 5.74) is -0.702. The first-order chi connectivity index (χ1) is 16.3. The number of benzene rings is 1. The zero-order chi connectivity index (χ0) is 26.0. The number of halogens is 2. The molecule has 2 heterocycles. The predicted octanol–water partition coefficient (Wildman–Crippen LogP) is 4.12. The number of nitrogens with one attached hydrogen (secondary N) is 2. The predicted molar refractivity (Wildman–Crippen MR) is 135 cm³/mol. The lowest BCUT2D eigenvalue weighted by atomic mass is 9.94. The van der Waals surface area contributed by atoms with Crippen LogP contribution in [0.1, 0.15) is 56.0 Å². The summed E-state index contributed by atoms with van der Waals surface area (Å²) in [5.74, 6) is -1.82. The summed E-state index contributed by atoms with van der Waals surface area (Å²) in [6.07, 6.45) is 4.88. The highest BCUT2D eigenvalue weighted by molar-refractivity contribution is 7.87. The van der Waals surface area contributed by atoms with Gasteiger partial charge in [-0.15, -0.1) is 0 Å². The average Bonchev–Trinajstić information content (AvgIpc) is 2.74. The van der Waals surface area contributed by atoms with Crippen LogP contribution < -0.4 is 10.0 Å². The number of pyridine rings is 1. The molecule has 3 rings (SSSR count). The Hall–Kier alpha value is -2.24. The van der Waals surface area contributed by atoms with E-state index in [1.807, 2.05) is 13.8 Å². The molecule has 0 aliphatic carbocycles. The molecule has 0 bridgehead atoms. The highest BCUT2D eigenvalue weighted by Crippen LogP contribution is 2.28. The van der Waals surface area contributed by atoms with Crippen LogP contribution in [-0.2, 0) is 21.4 Å². The van der Waals surface area contributed by atoms with Crippen molar-refractivity contribution in [2.45, 2.75) is 64.1 Å². The van der Waals surface area contributed by atoms with E-state index in [9.17, 15) is 23.1 Å². The molecule has 0 radical (unpaired) electrons. The molecular formula is C23H28Cl2N4O5S. The van der Waals surface area contributed by atoms with Crippen molar-refractivity contribution in [2.24, 2.45) is 0 Å². The van der Waals surface area contributed by atoms with Gasteiger partial charge in [0.25, 0.3) is 16.1 Å². The second-order valence-corrected chi connectivity index (χ2v) is 11.4. The van der Waals surface area contributed by atoms with E-state index in [0.29, 0.717) is 11.3 Å². The molecule has 190 valence electrons. The van der Waals surface area contributed by atoms with Crippen LogP contribution in [-0.4, -0.2) is 52.3 Å². The van der Waals surface area contributed by atoms with Crippen LogP contribution in [0, 0.1) is 0 Å². The summed E-state index contributed by atoms with van der Waals surface area (Å²) in [6.45, 7) is 4.99. The summed E-state index contributed by atoms with van der Waals surface area (Å²) < 4.78 is 30.1. The Bertz CT molecular complexity index is 1180. The number of aliphatic carboxylic acids is 1. The minimum Gasteiger partial charge on any atom is -0.480 e. The molecule has 1 fully saturated rings. The molecule has 0 saturated carbocycles. The Labute approximate surface area is 215 Å². The fourth-order valence-corrected chi connectivity index (χ4v) is 6.83. The topological polar surface area (TPSA) is 129 Å².